The van der Waals surface area contributed by atoms with Gasteiger partial charge in [-0.3, -0.25) is 29.4 Å². The van der Waals surface area contributed by atoms with Gasteiger partial charge in [-0.2, -0.15) is 0 Å². The first-order valence-electron chi connectivity index (χ1n) is 15.0. The number of hydrogen-bond acceptors (Lipinski definition) is 8. The van der Waals surface area contributed by atoms with E-state index >= 15 is 0 Å². The molecule has 2 bridgehead atoms. The Morgan fingerprint density at radius 3 is 2.29 bits per heavy atom. The molecule has 7 rings (SSSR count). The van der Waals surface area contributed by atoms with E-state index in [1.54, 1.807) is 49.4 Å². The van der Waals surface area contributed by atoms with E-state index in [4.69, 9.17) is 9.72 Å². The van der Waals surface area contributed by atoms with Gasteiger partial charge in [-0.05, 0) is 68.7 Å². The van der Waals surface area contributed by atoms with Crippen LogP contribution in [0.25, 0.3) is 22.2 Å². The van der Waals surface area contributed by atoms with E-state index in [2.05, 4.69) is 0 Å². The molecule has 2 amide bonds. The number of imide groups is 1. The molecule has 10 nitrogen and oxygen atoms in total. The number of hydrogen-bond donors (Lipinski definition) is 0. The average Bonchev–Trinajstić information content (AvgIpc) is 3.73. The van der Waals surface area contributed by atoms with Gasteiger partial charge in [0.25, 0.3) is 5.69 Å². The first-order chi connectivity index (χ1) is 21.6. The highest BCUT2D eigenvalue weighted by molar-refractivity contribution is 6.22. The van der Waals surface area contributed by atoms with Crippen molar-refractivity contribution in [2.24, 2.45) is 23.7 Å². The summed E-state index contributed by atoms with van der Waals surface area (Å²) in [6.07, 6.45) is 3.00. The van der Waals surface area contributed by atoms with Crippen LogP contribution in [0.2, 0.25) is 0 Å². The van der Waals surface area contributed by atoms with Gasteiger partial charge in [0.1, 0.15) is 0 Å². The van der Waals surface area contributed by atoms with Crippen molar-refractivity contribution in [3.8, 4) is 11.3 Å². The molecule has 3 aliphatic rings. The van der Waals surface area contributed by atoms with E-state index < -0.39 is 23.3 Å². The van der Waals surface area contributed by atoms with Gasteiger partial charge in [0.05, 0.1) is 39.2 Å². The quantitative estimate of drug-likeness (QED) is 0.0825. The third-order valence-electron chi connectivity index (χ3n) is 9.67. The number of rotatable bonds is 7. The Morgan fingerprint density at radius 1 is 0.933 bits per heavy atom. The third kappa shape index (κ3) is 4.68. The van der Waals surface area contributed by atoms with Gasteiger partial charge in [0, 0.05) is 28.1 Å². The molecule has 10 heteroatoms. The van der Waals surface area contributed by atoms with Crippen molar-refractivity contribution in [2.75, 3.05) is 11.5 Å². The molecule has 2 heterocycles. The van der Waals surface area contributed by atoms with E-state index in [-0.39, 0.29) is 40.5 Å². The number of ketones is 1. The monoisotopic (exact) mass is 603 g/mol. The minimum absolute atomic E-state index is 0.0718. The van der Waals surface area contributed by atoms with Gasteiger partial charge >= 0.3 is 5.97 Å². The lowest BCUT2D eigenvalue weighted by Gasteiger charge is -2.19. The molecule has 1 aliphatic heterocycles. The van der Waals surface area contributed by atoms with E-state index in [1.807, 2.05) is 13.0 Å². The van der Waals surface area contributed by atoms with Gasteiger partial charge in [-0.15, -0.1) is 0 Å². The number of carbonyl (C=O) groups is 4. The van der Waals surface area contributed by atoms with Crippen molar-refractivity contribution >= 4 is 45.8 Å². The molecular formula is C35H29N3O7. The predicted octanol–water partition coefficient (Wildman–Crippen LogP) is 6.00. The van der Waals surface area contributed by atoms with E-state index in [0.717, 1.165) is 24.8 Å². The number of para-hydroxylation sites is 1. The van der Waals surface area contributed by atoms with Crippen LogP contribution in [-0.2, 0) is 14.3 Å². The highest BCUT2D eigenvalue weighted by Gasteiger charge is 2.61. The number of Topliss-reactive ketones (excluding diaryl/α,β-unsaturated/α-hetero) is 1. The predicted molar refractivity (Wildman–Crippen MR) is 165 cm³/mol. The van der Waals surface area contributed by atoms with Crippen LogP contribution < -0.4 is 4.90 Å². The summed E-state index contributed by atoms with van der Waals surface area (Å²) in [6, 6.07) is 18.1. The first-order valence-corrected chi connectivity index (χ1v) is 15.0. The van der Waals surface area contributed by atoms with Gasteiger partial charge < -0.3 is 4.74 Å². The fourth-order valence-corrected chi connectivity index (χ4v) is 7.42. The van der Waals surface area contributed by atoms with Crippen molar-refractivity contribution in [2.45, 2.75) is 33.1 Å². The number of aryl methyl sites for hydroxylation is 2. The number of ether oxygens (including phenoxy) is 1. The van der Waals surface area contributed by atoms with E-state index in [1.165, 1.54) is 23.1 Å². The number of fused-ring (bicyclic) bond motifs is 6. The Labute approximate surface area is 258 Å². The van der Waals surface area contributed by atoms with E-state index in [0.29, 0.717) is 45.2 Å². The summed E-state index contributed by atoms with van der Waals surface area (Å²) in [5.41, 5.74) is 3.59. The molecule has 1 aromatic heterocycles. The number of anilines is 1. The zero-order chi connectivity index (χ0) is 31.6. The zero-order valence-corrected chi connectivity index (χ0v) is 24.7. The van der Waals surface area contributed by atoms with Crippen molar-refractivity contribution in [1.82, 2.24) is 4.98 Å². The lowest BCUT2D eigenvalue weighted by molar-refractivity contribution is -0.385. The Balaban J connectivity index is 1.15. The molecule has 0 spiro atoms. The summed E-state index contributed by atoms with van der Waals surface area (Å²) < 4.78 is 5.41. The second-order valence-corrected chi connectivity index (χ2v) is 12.2. The molecule has 2 saturated carbocycles. The lowest BCUT2D eigenvalue weighted by atomic mass is 9.81. The maximum Gasteiger partial charge on any atom is 0.339 e. The Hall–Kier alpha value is -5.25. The van der Waals surface area contributed by atoms with Crippen LogP contribution in [0.1, 0.15) is 51.1 Å². The van der Waals surface area contributed by atoms with Crippen molar-refractivity contribution in [1.29, 1.82) is 0 Å². The fraction of sp³-hybridized carbons (Fsp3) is 0.286. The molecule has 1 saturated heterocycles. The summed E-state index contributed by atoms with van der Waals surface area (Å²) in [4.78, 5) is 69.7. The maximum atomic E-state index is 13.4. The number of nitrogens with zero attached hydrogens (tertiary/aromatic N) is 3. The molecule has 3 aromatic carbocycles. The second-order valence-electron chi connectivity index (χ2n) is 12.2. The Morgan fingerprint density at radius 2 is 1.62 bits per heavy atom. The molecule has 0 radical (unpaired) electrons. The molecule has 0 N–H and O–H groups in total. The molecule has 4 atom stereocenters. The number of nitro benzene ring substituents is 1. The van der Waals surface area contributed by atoms with Crippen LogP contribution in [0.5, 0.6) is 0 Å². The second kappa shape index (κ2) is 10.7. The number of amides is 2. The number of carbonyl (C=O) groups excluding carboxylic acids is 4. The standard InChI is InChI=1S/C35H29N3O7/c1-18-6-7-21(15-28(18)38(43)44)29(39)17-45-35(42)26-16-27(36-32-19(2)4-3-5-25(26)32)20-10-12-24(13-11-20)37-33(40)30-22-8-9-23(14-22)31(30)34(37)41/h3-7,10-13,15-16,22-23,30-31H,8-9,14,17H2,1-2H3. The summed E-state index contributed by atoms with van der Waals surface area (Å²) >= 11 is 0. The topological polar surface area (TPSA) is 137 Å². The van der Waals surface area contributed by atoms with Crippen molar-refractivity contribution in [3.05, 3.63) is 99.1 Å². The Bertz CT molecular complexity index is 1920. The molecule has 45 heavy (non-hydrogen) atoms. The lowest BCUT2D eigenvalue weighted by Crippen LogP contribution is -2.32. The van der Waals surface area contributed by atoms with Crippen LogP contribution in [0, 0.1) is 47.6 Å². The van der Waals surface area contributed by atoms with Gasteiger partial charge in [-0.1, -0.05) is 42.5 Å². The summed E-state index contributed by atoms with van der Waals surface area (Å²) in [6.45, 7) is 2.85. The van der Waals surface area contributed by atoms with Gasteiger partial charge in [0.15, 0.2) is 6.61 Å². The van der Waals surface area contributed by atoms with Crippen LogP contribution in [0.4, 0.5) is 11.4 Å². The molecule has 226 valence electrons. The summed E-state index contributed by atoms with van der Waals surface area (Å²) in [7, 11) is 0. The number of pyridine rings is 1. The average molecular weight is 604 g/mol. The Kier molecular flexibility index (Phi) is 6.80. The van der Waals surface area contributed by atoms with Gasteiger partial charge in [-0.25, -0.2) is 9.78 Å². The zero-order valence-electron chi connectivity index (χ0n) is 24.7. The molecule has 4 unspecified atom stereocenters. The summed E-state index contributed by atoms with van der Waals surface area (Å²) in [5.74, 6) is -1.33. The smallest absolute Gasteiger partial charge is 0.339 e. The highest BCUT2D eigenvalue weighted by atomic mass is 16.6. The molecule has 3 fully saturated rings. The number of esters is 1. The molecular weight excluding hydrogens is 574 g/mol. The van der Waals surface area contributed by atoms with Gasteiger partial charge in [0.2, 0.25) is 17.6 Å². The van der Waals surface area contributed by atoms with Crippen LogP contribution in [0.3, 0.4) is 0 Å². The van der Waals surface area contributed by atoms with Crippen molar-refractivity contribution in [3.63, 3.8) is 0 Å². The first kappa shape index (κ1) is 28.5. The number of aromatic nitrogens is 1. The minimum Gasteiger partial charge on any atom is -0.454 e. The van der Waals surface area contributed by atoms with Crippen LogP contribution >= 0.6 is 0 Å². The number of nitro groups is 1. The molecule has 4 aromatic rings. The van der Waals surface area contributed by atoms with Crippen molar-refractivity contribution < 1.29 is 28.8 Å². The maximum absolute atomic E-state index is 13.4. The molecule has 2 aliphatic carbocycles. The fourth-order valence-electron chi connectivity index (χ4n) is 7.42. The normalized spacial score (nSPS) is 21.8. The third-order valence-corrected chi connectivity index (χ3v) is 9.67. The summed E-state index contributed by atoms with van der Waals surface area (Å²) in [5, 5.41) is 11.8. The highest BCUT2D eigenvalue weighted by Crippen LogP contribution is 2.56. The minimum atomic E-state index is -0.740. The van der Waals surface area contributed by atoms with E-state index in [9.17, 15) is 29.3 Å². The largest absolute Gasteiger partial charge is 0.454 e. The SMILES string of the molecule is Cc1ccc(C(=O)COC(=O)c2cc(-c3ccc(N4C(=O)C5C6CCC(C6)C5C4=O)cc3)nc3c(C)cccc23)cc1[N+](=O)[O-]. The van der Waals surface area contributed by atoms with Crippen LogP contribution in [-0.4, -0.2) is 40.1 Å². The van der Waals surface area contributed by atoms with Crippen LogP contribution in [0.15, 0.2) is 66.7 Å². The number of benzene rings is 3.